The van der Waals surface area contributed by atoms with Gasteiger partial charge in [0, 0.05) is 6.54 Å². The average molecular weight is 373 g/mol. The SMILES string of the molecule is COc1ccc2cc(CN(C)[C@@H](C)C(=O)Nc3ccccc3C#N)ccc2c1. The van der Waals surface area contributed by atoms with E-state index in [0.29, 0.717) is 17.8 Å². The smallest absolute Gasteiger partial charge is 0.241 e. The summed E-state index contributed by atoms with van der Waals surface area (Å²) in [6, 6.07) is 21.0. The molecule has 1 amide bonds. The first-order valence-electron chi connectivity index (χ1n) is 9.08. The number of anilines is 1. The van der Waals surface area contributed by atoms with Crippen LogP contribution in [0, 0.1) is 11.3 Å². The topological polar surface area (TPSA) is 65.4 Å². The molecule has 0 aromatic heterocycles. The fourth-order valence-electron chi connectivity index (χ4n) is 3.05. The highest BCUT2D eigenvalue weighted by Crippen LogP contribution is 2.23. The van der Waals surface area contributed by atoms with Crippen LogP contribution in [0.5, 0.6) is 5.75 Å². The number of ether oxygens (including phenoxy) is 1. The molecule has 0 saturated carbocycles. The van der Waals surface area contributed by atoms with Crippen LogP contribution in [0.2, 0.25) is 0 Å². The van der Waals surface area contributed by atoms with E-state index >= 15 is 0 Å². The molecule has 0 heterocycles. The van der Waals surface area contributed by atoms with Gasteiger partial charge in [-0.05, 0) is 60.6 Å². The van der Waals surface area contributed by atoms with Crippen LogP contribution in [0.15, 0.2) is 60.7 Å². The number of methoxy groups -OCH3 is 1. The van der Waals surface area contributed by atoms with Gasteiger partial charge in [0.15, 0.2) is 0 Å². The van der Waals surface area contributed by atoms with Gasteiger partial charge in [0.25, 0.3) is 0 Å². The molecule has 0 spiro atoms. The molecule has 0 saturated heterocycles. The van der Waals surface area contributed by atoms with Crippen molar-refractivity contribution in [3.05, 3.63) is 71.8 Å². The Morgan fingerprint density at radius 2 is 1.86 bits per heavy atom. The molecule has 3 rings (SSSR count). The summed E-state index contributed by atoms with van der Waals surface area (Å²) in [4.78, 5) is 14.6. The predicted molar refractivity (Wildman–Crippen MR) is 111 cm³/mol. The van der Waals surface area contributed by atoms with Crippen molar-refractivity contribution in [3.8, 4) is 11.8 Å². The van der Waals surface area contributed by atoms with Gasteiger partial charge in [0.05, 0.1) is 24.4 Å². The van der Waals surface area contributed by atoms with Crippen molar-refractivity contribution in [2.24, 2.45) is 0 Å². The Morgan fingerprint density at radius 1 is 1.14 bits per heavy atom. The minimum Gasteiger partial charge on any atom is -0.497 e. The number of nitrogens with zero attached hydrogens (tertiary/aromatic N) is 2. The van der Waals surface area contributed by atoms with Gasteiger partial charge in [-0.1, -0.05) is 30.3 Å². The Kier molecular flexibility index (Phi) is 5.93. The molecular weight excluding hydrogens is 350 g/mol. The highest BCUT2D eigenvalue weighted by Gasteiger charge is 2.19. The molecule has 0 radical (unpaired) electrons. The highest BCUT2D eigenvalue weighted by atomic mass is 16.5. The Balaban J connectivity index is 1.69. The first-order chi connectivity index (χ1) is 13.5. The third-order valence-corrected chi connectivity index (χ3v) is 4.89. The molecule has 0 aliphatic rings. The molecule has 1 atom stereocenters. The van der Waals surface area contributed by atoms with Crippen molar-refractivity contribution >= 4 is 22.4 Å². The number of hydrogen-bond donors (Lipinski definition) is 1. The number of nitrogens with one attached hydrogen (secondary N) is 1. The third kappa shape index (κ3) is 4.30. The van der Waals surface area contributed by atoms with Crippen LogP contribution in [-0.4, -0.2) is 31.0 Å². The molecule has 5 nitrogen and oxygen atoms in total. The van der Waals surface area contributed by atoms with E-state index < -0.39 is 0 Å². The minimum atomic E-state index is -0.349. The van der Waals surface area contributed by atoms with Crippen LogP contribution < -0.4 is 10.1 Å². The van der Waals surface area contributed by atoms with Gasteiger partial charge in [-0.2, -0.15) is 5.26 Å². The molecule has 142 valence electrons. The standard InChI is InChI=1S/C23H23N3O2/c1-16(23(27)25-22-7-5-4-6-20(22)14-24)26(2)15-17-8-9-19-13-21(28-3)11-10-18(19)12-17/h4-13,16H,15H2,1-3H3,(H,25,27)/t16-/m0/s1. The van der Waals surface area contributed by atoms with Crippen LogP contribution in [0.25, 0.3) is 10.8 Å². The van der Waals surface area contributed by atoms with Gasteiger partial charge in [0.1, 0.15) is 11.8 Å². The zero-order chi connectivity index (χ0) is 20.1. The van der Waals surface area contributed by atoms with E-state index in [9.17, 15) is 10.1 Å². The second-order valence-electron chi connectivity index (χ2n) is 6.79. The first kappa shape index (κ1) is 19.4. The van der Waals surface area contributed by atoms with E-state index in [2.05, 4.69) is 29.6 Å². The molecule has 3 aromatic carbocycles. The molecule has 0 unspecified atom stereocenters. The highest BCUT2D eigenvalue weighted by molar-refractivity contribution is 5.95. The number of nitriles is 1. The zero-order valence-corrected chi connectivity index (χ0v) is 16.3. The van der Waals surface area contributed by atoms with Crippen LogP contribution in [0.4, 0.5) is 5.69 Å². The Hall–Kier alpha value is -3.36. The first-order valence-corrected chi connectivity index (χ1v) is 9.08. The van der Waals surface area contributed by atoms with Gasteiger partial charge >= 0.3 is 0 Å². The van der Waals surface area contributed by atoms with Crippen LogP contribution in [0.1, 0.15) is 18.1 Å². The van der Waals surface area contributed by atoms with Crippen LogP contribution in [0.3, 0.4) is 0 Å². The normalized spacial score (nSPS) is 11.8. The minimum absolute atomic E-state index is 0.143. The summed E-state index contributed by atoms with van der Waals surface area (Å²) >= 11 is 0. The van der Waals surface area contributed by atoms with Crippen molar-refractivity contribution in [1.82, 2.24) is 4.90 Å². The van der Waals surface area contributed by atoms with Gasteiger partial charge < -0.3 is 10.1 Å². The van der Waals surface area contributed by atoms with E-state index in [4.69, 9.17) is 4.74 Å². The number of rotatable bonds is 6. The van der Waals surface area contributed by atoms with E-state index in [1.165, 1.54) is 0 Å². The van der Waals surface area contributed by atoms with E-state index in [-0.39, 0.29) is 11.9 Å². The maximum atomic E-state index is 12.6. The average Bonchev–Trinajstić information content (AvgIpc) is 2.73. The monoisotopic (exact) mass is 373 g/mol. The second kappa shape index (κ2) is 8.55. The third-order valence-electron chi connectivity index (χ3n) is 4.89. The summed E-state index contributed by atoms with van der Waals surface area (Å²) in [7, 11) is 3.57. The van der Waals surface area contributed by atoms with Gasteiger partial charge in [-0.25, -0.2) is 0 Å². The van der Waals surface area contributed by atoms with E-state index in [0.717, 1.165) is 22.1 Å². The van der Waals surface area contributed by atoms with Crippen molar-refractivity contribution in [2.45, 2.75) is 19.5 Å². The Labute approximate surface area is 165 Å². The van der Waals surface area contributed by atoms with E-state index in [1.807, 2.05) is 37.1 Å². The lowest BCUT2D eigenvalue weighted by Gasteiger charge is -2.24. The largest absolute Gasteiger partial charge is 0.497 e. The van der Waals surface area contributed by atoms with Crippen molar-refractivity contribution < 1.29 is 9.53 Å². The van der Waals surface area contributed by atoms with Crippen LogP contribution in [-0.2, 0) is 11.3 Å². The molecule has 0 aliphatic heterocycles. The predicted octanol–water partition coefficient (Wildman–Crippen LogP) is 4.18. The number of benzene rings is 3. The molecule has 3 aromatic rings. The van der Waals surface area contributed by atoms with Crippen molar-refractivity contribution in [1.29, 1.82) is 5.26 Å². The summed E-state index contributed by atoms with van der Waals surface area (Å²) in [5, 5.41) is 14.3. The molecule has 28 heavy (non-hydrogen) atoms. The lowest BCUT2D eigenvalue weighted by atomic mass is 10.1. The van der Waals surface area contributed by atoms with Crippen molar-refractivity contribution in [2.75, 3.05) is 19.5 Å². The number of hydrogen-bond acceptors (Lipinski definition) is 4. The van der Waals surface area contributed by atoms with Crippen LogP contribution >= 0.6 is 0 Å². The molecule has 0 fully saturated rings. The fourth-order valence-corrected chi connectivity index (χ4v) is 3.05. The maximum absolute atomic E-state index is 12.6. The maximum Gasteiger partial charge on any atom is 0.241 e. The zero-order valence-electron chi connectivity index (χ0n) is 16.3. The molecule has 0 aliphatic carbocycles. The number of fused-ring (bicyclic) bond motifs is 1. The quantitative estimate of drug-likeness (QED) is 0.704. The lowest BCUT2D eigenvalue weighted by Crippen LogP contribution is -2.39. The number of likely N-dealkylation sites (N-methyl/N-ethyl adjacent to an activating group) is 1. The number of amides is 1. The molecule has 1 N–H and O–H groups in total. The molecule has 0 bridgehead atoms. The number of carbonyl (C=O) groups excluding carboxylic acids is 1. The fraction of sp³-hybridized carbons (Fsp3) is 0.217. The summed E-state index contributed by atoms with van der Waals surface area (Å²) in [6.07, 6.45) is 0. The summed E-state index contributed by atoms with van der Waals surface area (Å²) in [6.45, 7) is 2.49. The van der Waals surface area contributed by atoms with Gasteiger partial charge in [-0.3, -0.25) is 9.69 Å². The molecular formula is C23H23N3O2. The second-order valence-corrected chi connectivity index (χ2v) is 6.79. The summed E-state index contributed by atoms with van der Waals surface area (Å²) in [5.41, 5.74) is 2.11. The van der Waals surface area contributed by atoms with Crippen molar-refractivity contribution in [3.63, 3.8) is 0 Å². The molecule has 5 heteroatoms. The summed E-state index contributed by atoms with van der Waals surface area (Å²) < 4.78 is 5.27. The lowest BCUT2D eigenvalue weighted by molar-refractivity contribution is -0.120. The van der Waals surface area contributed by atoms with Gasteiger partial charge in [0.2, 0.25) is 5.91 Å². The number of carbonyl (C=O) groups is 1. The Morgan fingerprint density at radius 3 is 2.61 bits per heavy atom. The Bertz CT molecular complexity index is 1040. The summed E-state index contributed by atoms with van der Waals surface area (Å²) in [5.74, 6) is 0.691. The van der Waals surface area contributed by atoms with Gasteiger partial charge in [-0.15, -0.1) is 0 Å². The van der Waals surface area contributed by atoms with E-state index in [1.54, 1.807) is 31.4 Å². The number of para-hydroxylation sites is 1.